The van der Waals surface area contributed by atoms with E-state index in [1.54, 1.807) is 6.92 Å². The molecule has 2 rings (SSSR count). The van der Waals surface area contributed by atoms with E-state index in [0.717, 1.165) is 45.3 Å². The molecule has 2 aliphatic rings. The van der Waals surface area contributed by atoms with Crippen molar-refractivity contribution >= 4 is 5.91 Å². The van der Waals surface area contributed by atoms with Crippen molar-refractivity contribution in [3.8, 4) is 0 Å². The van der Waals surface area contributed by atoms with Crippen LogP contribution in [-0.4, -0.2) is 47.7 Å². The number of carbonyl (C=O) groups is 1. The molecule has 16 heavy (non-hydrogen) atoms. The highest BCUT2D eigenvalue weighted by Gasteiger charge is 2.35. The Morgan fingerprint density at radius 2 is 2.25 bits per heavy atom. The van der Waals surface area contributed by atoms with E-state index in [1.807, 2.05) is 4.90 Å². The average molecular weight is 226 g/mol. The third-order valence-corrected chi connectivity index (χ3v) is 3.79. The minimum absolute atomic E-state index is 0.0504. The molecule has 0 radical (unpaired) electrons. The van der Waals surface area contributed by atoms with Crippen molar-refractivity contribution in [1.82, 2.24) is 10.2 Å². The lowest BCUT2D eigenvalue weighted by atomic mass is 9.97. The first-order valence-electron chi connectivity index (χ1n) is 6.39. The smallest absolute Gasteiger partial charge is 0.227 e. The number of nitrogens with zero attached hydrogens (tertiary/aromatic N) is 1. The third-order valence-electron chi connectivity index (χ3n) is 3.79. The van der Waals surface area contributed by atoms with E-state index in [9.17, 15) is 9.90 Å². The van der Waals surface area contributed by atoms with Crippen molar-refractivity contribution < 1.29 is 9.90 Å². The quantitative estimate of drug-likeness (QED) is 0.715. The molecule has 0 bridgehead atoms. The molecule has 2 N–H and O–H groups in total. The van der Waals surface area contributed by atoms with Gasteiger partial charge < -0.3 is 15.3 Å². The molecule has 0 aromatic rings. The Kier molecular flexibility index (Phi) is 3.82. The van der Waals surface area contributed by atoms with Crippen LogP contribution in [0.3, 0.4) is 0 Å². The van der Waals surface area contributed by atoms with Crippen LogP contribution in [0.4, 0.5) is 0 Å². The maximum atomic E-state index is 12.3. The van der Waals surface area contributed by atoms with Crippen LogP contribution in [0.2, 0.25) is 0 Å². The fourth-order valence-corrected chi connectivity index (χ4v) is 2.86. The first-order valence-corrected chi connectivity index (χ1v) is 6.39. The summed E-state index contributed by atoms with van der Waals surface area (Å²) in [4.78, 5) is 14.2. The number of aliphatic hydroxyl groups is 1. The fraction of sp³-hybridized carbons (Fsp3) is 0.917. The maximum absolute atomic E-state index is 12.3. The summed E-state index contributed by atoms with van der Waals surface area (Å²) in [5, 5.41) is 12.9. The van der Waals surface area contributed by atoms with Gasteiger partial charge in [-0.2, -0.15) is 0 Å². The zero-order valence-corrected chi connectivity index (χ0v) is 9.98. The highest BCUT2D eigenvalue weighted by Crippen LogP contribution is 2.24. The zero-order valence-electron chi connectivity index (χ0n) is 9.98. The van der Waals surface area contributed by atoms with Crippen molar-refractivity contribution in [2.24, 2.45) is 5.92 Å². The summed E-state index contributed by atoms with van der Waals surface area (Å²) in [6.07, 6.45) is 3.66. The Labute approximate surface area is 97.0 Å². The highest BCUT2D eigenvalue weighted by molar-refractivity contribution is 5.79. The Morgan fingerprint density at radius 1 is 1.44 bits per heavy atom. The third kappa shape index (κ3) is 2.38. The lowest BCUT2D eigenvalue weighted by Crippen LogP contribution is -2.47. The number of carbonyl (C=O) groups excluding carboxylic acids is 1. The first-order chi connectivity index (χ1) is 7.70. The van der Waals surface area contributed by atoms with Crippen LogP contribution in [0.15, 0.2) is 0 Å². The second kappa shape index (κ2) is 5.15. The number of hydrogen-bond donors (Lipinski definition) is 2. The monoisotopic (exact) mass is 226 g/mol. The number of amides is 1. The average Bonchev–Trinajstić information content (AvgIpc) is 2.78. The first kappa shape index (κ1) is 11.9. The highest BCUT2D eigenvalue weighted by atomic mass is 16.3. The van der Waals surface area contributed by atoms with Gasteiger partial charge in [0.15, 0.2) is 0 Å². The Bertz CT molecular complexity index is 249. The van der Waals surface area contributed by atoms with E-state index in [0.29, 0.717) is 0 Å². The van der Waals surface area contributed by atoms with E-state index in [-0.39, 0.29) is 17.9 Å². The second-order valence-electron chi connectivity index (χ2n) is 5.03. The van der Waals surface area contributed by atoms with Gasteiger partial charge in [0.05, 0.1) is 18.1 Å². The van der Waals surface area contributed by atoms with Gasteiger partial charge in [-0.15, -0.1) is 0 Å². The molecule has 4 nitrogen and oxygen atoms in total. The van der Waals surface area contributed by atoms with Crippen LogP contribution >= 0.6 is 0 Å². The van der Waals surface area contributed by atoms with Gasteiger partial charge in [0.2, 0.25) is 5.91 Å². The molecule has 2 aliphatic heterocycles. The van der Waals surface area contributed by atoms with Gasteiger partial charge in [-0.1, -0.05) is 0 Å². The molecule has 0 spiro atoms. The predicted octanol–water partition coefficient (Wildman–Crippen LogP) is 0.358. The van der Waals surface area contributed by atoms with Crippen LogP contribution in [0.5, 0.6) is 0 Å². The summed E-state index contributed by atoms with van der Waals surface area (Å²) in [6, 6.07) is 0.0504. The molecule has 2 saturated heterocycles. The van der Waals surface area contributed by atoms with Crippen LogP contribution < -0.4 is 5.32 Å². The van der Waals surface area contributed by atoms with Crippen molar-refractivity contribution in [1.29, 1.82) is 0 Å². The molecular weight excluding hydrogens is 204 g/mol. The van der Waals surface area contributed by atoms with Crippen LogP contribution in [0, 0.1) is 5.92 Å². The normalized spacial score (nSPS) is 32.8. The van der Waals surface area contributed by atoms with E-state index in [1.165, 1.54) is 0 Å². The van der Waals surface area contributed by atoms with E-state index < -0.39 is 6.10 Å². The number of piperidine rings is 1. The topological polar surface area (TPSA) is 52.6 Å². The predicted molar refractivity (Wildman–Crippen MR) is 62.0 cm³/mol. The standard InChI is InChI=1S/C12H22N2O2/c1-9(15)11-5-3-7-14(11)12(16)10-4-2-6-13-8-10/h9-11,13,15H,2-8H2,1H3/t9-,10+,11-/m0/s1. The molecule has 3 atom stereocenters. The summed E-state index contributed by atoms with van der Waals surface area (Å²) < 4.78 is 0. The molecule has 92 valence electrons. The number of likely N-dealkylation sites (tertiary alicyclic amines) is 1. The maximum Gasteiger partial charge on any atom is 0.227 e. The summed E-state index contributed by atoms with van der Waals surface area (Å²) in [7, 11) is 0. The van der Waals surface area contributed by atoms with Crippen molar-refractivity contribution in [3.05, 3.63) is 0 Å². The summed E-state index contributed by atoms with van der Waals surface area (Å²) in [6.45, 7) is 4.45. The van der Waals surface area contributed by atoms with Gasteiger partial charge in [0, 0.05) is 13.1 Å². The van der Waals surface area contributed by atoms with Gasteiger partial charge in [0.25, 0.3) is 0 Å². The van der Waals surface area contributed by atoms with Crippen LogP contribution in [-0.2, 0) is 4.79 Å². The summed E-state index contributed by atoms with van der Waals surface area (Å²) in [5.41, 5.74) is 0. The lowest BCUT2D eigenvalue weighted by Gasteiger charge is -2.32. The number of rotatable bonds is 2. The number of nitrogens with one attached hydrogen (secondary N) is 1. The summed E-state index contributed by atoms with van der Waals surface area (Å²) in [5.74, 6) is 0.378. The second-order valence-corrected chi connectivity index (χ2v) is 5.03. The summed E-state index contributed by atoms with van der Waals surface area (Å²) >= 11 is 0. The molecule has 0 unspecified atom stereocenters. The number of aliphatic hydroxyl groups excluding tert-OH is 1. The Balaban J connectivity index is 1.97. The SMILES string of the molecule is C[C@H](O)[C@@H]1CCCN1C(=O)[C@@H]1CCCNC1. The molecule has 2 heterocycles. The van der Waals surface area contributed by atoms with E-state index >= 15 is 0 Å². The Morgan fingerprint density at radius 3 is 2.88 bits per heavy atom. The largest absolute Gasteiger partial charge is 0.391 e. The van der Waals surface area contributed by atoms with Gasteiger partial charge in [-0.05, 0) is 39.2 Å². The molecule has 1 amide bonds. The van der Waals surface area contributed by atoms with Gasteiger partial charge >= 0.3 is 0 Å². The van der Waals surface area contributed by atoms with Gasteiger partial charge in [-0.25, -0.2) is 0 Å². The lowest BCUT2D eigenvalue weighted by molar-refractivity contribution is -0.138. The zero-order chi connectivity index (χ0) is 11.5. The molecule has 0 aliphatic carbocycles. The van der Waals surface area contributed by atoms with Crippen molar-refractivity contribution in [3.63, 3.8) is 0 Å². The molecular formula is C12H22N2O2. The molecule has 0 aromatic heterocycles. The number of hydrogen-bond acceptors (Lipinski definition) is 3. The van der Waals surface area contributed by atoms with Crippen LogP contribution in [0.25, 0.3) is 0 Å². The Hall–Kier alpha value is -0.610. The van der Waals surface area contributed by atoms with Crippen molar-refractivity contribution in [2.45, 2.75) is 44.8 Å². The molecule has 2 fully saturated rings. The van der Waals surface area contributed by atoms with Crippen molar-refractivity contribution in [2.75, 3.05) is 19.6 Å². The molecule has 0 saturated carbocycles. The van der Waals surface area contributed by atoms with Gasteiger partial charge in [-0.3, -0.25) is 4.79 Å². The van der Waals surface area contributed by atoms with Crippen LogP contribution in [0.1, 0.15) is 32.6 Å². The minimum Gasteiger partial charge on any atom is -0.391 e. The van der Waals surface area contributed by atoms with E-state index in [2.05, 4.69) is 5.32 Å². The fourth-order valence-electron chi connectivity index (χ4n) is 2.86. The van der Waals surface area contributed by atoms with E-state index in [4.69, 9.17) is 0 Å². The minimum atomic E-state index is -0.400. The van der Waals surface area contributed by atoms with Gasteiger partial charge in [0.1, 0.15) is 0 Å². The molecule has 4 heteroatoms. The molecule has 0 aromatic carbocycles.